The van der Waals surface area contributed by atoms with E-state index in [1.807, 2.05) is 19.1 Å². The quantitative estimate of drug-likeness (QED) is 0.921. The number of halogens is 1. The predicted molar refractivity (Wildman–Crippen MR) is 70.9 cm³/mol. The van der Waals surface area contributed by atoms with Gasteiger partial charge in [-0.1, -0.05) is 17.7 Å². The van der Waals surface area contributed by atoms with Crippen LogP contribution in [0, 0.1) is 0 Å². The molecular weight excluding hydrogens is 250 g/mol. The molecule has 1 unspecified atom stereocenters. The second kappa shape index (κ2) is 5.80. The second-order valence-electron chi connectivity index (χ2n) is 4.09. The zero-order valence-corrected chi connectivity index (χ0v) is 10.8. The van der Waals surface area contributed by atoms with Gasteiger partial charge in [-0.25, -0.2) is 4.98 Å². The Morgan fingerprint density at radius 2 is 2.28 bits per heavy atom. The lowest BCUT2D eigenvalue weighted by Gasteiger charge is -2.11. The highest BCUT2D eigenvalue weighted by Crippen LogP contribution is 2.24. The van der Waals surface area contributed by atoms with Crippen molar-refractivity contribution in [1.82, 2.24) is 9.97 Å². The topological polar surface area (TPSA) is 61.0 Å². The maximum Gasteiger partial charge on any atom is 0.222 e. The first-order chi connectivity index (χ1) is 8.65. The molecule has 1 atom stereocenters. The summed E-state index contributed by atoms with van der Waals surface area (Å²) in [5.41, 5.74) is 6.76. The average molecular weight is 264 g/mol. The van der Waals surface area contributed by atoms with Crippen molar-refractivity contribution in [3.63, 3.8) is 0 Å². The molecule has 18 heavy (non-hydrogen) atoms. The van der Waals surface area contributed by atoms with Crippen LogP contribution in [0.5, 0.6) is 11.6 Å². The maximum absolute atomic E-state index is 5.85. The molecule has 5 heteroatoms. The van der Waals surface area contributed by atoms with Gasteiger partial charge in [0.15, 0.2) is 0 Å². The number of rotatable bonds is 4. The van der Waals surface area contributed by atoms with Crippen LogP contribution in [-0.2, 0) is 6.42 Å². The van der Waals surface area contributed by atoms with E-state index in [2.05, 4.69) is 9.97 Å². The molecule has 0 amide bonds. The van der Waals surface area contributed by atoms with E-state index in [1.54, 1.807) is 24.7 Å². The van der Waals surface area contributed by atoms with Gasteiger partial charge in [0, 0.05) is 30.1 Å². The molecule has 0 aliphatic rings. The highest BCUT2D eigenvalue weighted by molar-refractivity contribution is 6.30. The fourth-order valence-electron chi connectivity index (χ4n) is 1.58. The van der Waals surface area contributed by atoms with Crippen molar-refractivity contribution in [3.8, 4) is 11.6 Å². The molecule has 94 valence electrons. The Balaban J connectivity index is 2.23. The van der Waals surface area contributed by atoms with Gasteiger partial charge in [-0.2, -0.15) is 0 Å². The van der Waals surface area contributed by atoms with Crippen molar-refractivity contribution >= 4 is 11.6 Å². The van der Waals surface area contributed by atoms with E-state index in [1.165, 1.54) is 0 Å². The molecule has 0 fully saturated rings. The first-order valence-electron chi connectivity index (χ1n) is 5.63. The second-order valence-corrected chi connectivity index (χ2v) is 4.53. The molecule has 4 nitrogen and oxygen atoms in total. The Morgan fingerprint density at radius 1 is 1.44 bits per heavy atom. The highest BCUT2D eigenvalue weighted by atomic mass is 35.5. The summed E-state index contributed by atoms with van der Waals surface area (Å²) in [7, 11) is 0. The fraction of sp³-hybridized carbons (Fsp3) is 0.231. The van der Waals surface area contributed by atoms with Crippen molar-refractivity contribution in [1.29, 1.82) is 0 Å². The molecular formula is C13H14ClN3O. The van der Waals surface area contributed by atoms with Crippen LogP contribution < -0.4 is 10.5 Å². The minimum Gasteiger partial charge on any atom is -0.437 e. The summed E-state index contributed by atoms with van der Waals surface area (Å²) in [5, 5.41) is 0.525. The largest absolute Gasteiger partial charge is 0.437 e. The van der Waals surface area contributed by atoms with Crippen LogP contribution in [-0.4, -0.2) is 16.0 Å². The van der Waals surface area contributed by atoms with Gasteiger partial charge in [0.25, 0.3) is 0 Å². The maximum atomic E-state index is 5.85. The van der Waals surface area contributed by atoms with Crippen molar-refractivity contribution < 1.29 is 4.74 Å². The summed E-state index contributed by atoms with van der Waals surface area (Å²) >= 11 is 5.85. The van der Waals surface area contributed by atoms with E-state index in [0.29, 0.717) is 23.1 Å². The Bertz CT molecular complexity index is 531. The van der Waals surface area contributed by atoms with Gasteiger partial charge in [0.1, 0.15) is 5.75 Å². The van der Waals surface area contributed by atoms with E-state index >= 15 is 0 Å². The molecule has 0 saturated heterocycles. The van der Waals surface area contributed by atoms with Gasteiger partial charge in [0.05, 0.1) is 11.2 Å². The molecule has 0 bridgehead atoms. The molecule has 0 spiro atoms. The standard InChI is InChI=1S/C13H14ClN3O/c1-9(15)5-10-3-2-4-17-13(10)18-12-6-11(14)7-16-8-12/h2-4,6-9H,5,15H2,1H3. The van der Waals surface area contributed by atoms with Crippen LogP contribution in [0.15, 0.2) is 36.8 Å². The summed E-state index contributed by atoms with van der Waals surface area (Å²) in [5.74, 6) is 1.10. The van der Waals surface area contributed by atoms with Gasteiger partial charge in [-0.15, -0.1) is 0 Å². The Labute approximate surface area is 111 Å². The molecule has 0 aliphatic heterocycles. The lowest BCUT2D eigenvalue weighted by atomic mass is 10.1. The van der Waals surface area contributed by atoms with E-state index in [0.717, 1.165) is 5.56 Å². The number of hydrogen-bond acceptors (Lipinski definition) is 4. The zero-order chi connectivity index (χ0) is 13.0. The smallest absolute Gasteiger partial charge is 0.222 e. The first-order valence-corrected chi connectivity index (χ1v) is 6.01. The van der Waals surface area contributed by atoms with E-state index in [4.69, 9.17) is 22.1 Å². The van der Waals surface area contributed by atoms with Gasteiger partial charge in [-0.05, 0) is 19.4 Å². The third-order valence-corrected chi connectivity index (χ3v) is 2.49. The zero-order valence-electron chi connectivity index (χ0n) is 10.0. The van der Waals surface area contributed by atoms with Crippen LogP contribution in [0.4, 0.5) is 0 Å². The summed E-state index contributed by atoms with van der Waals surface area (Å²) in [6, 6.07) is 5.55. The van der Waals surface area contributed by atoms with Crippen LogP contribution in [0.1, 0.15) is 12.5 Å². The van der Waals surface area contributed by atoms with Crippen molar-refractivity contribution in [2.24, 2.45) is 5.73 Å². The number of nitrogens with two attached hydrogens (primary N) is 1. The van der Waals surface area contributed by atoms with E-state index in [9.17, 15) is 0 Å². The Morgan fingerprint density at radius 3 is 3.00 bits per heavy atom. The Kier molecular flexibility index (Phi) is 4.12. The van der Waals surface area contributed by atoms with Gasteiger partial charge in [0.2, 0.25) is 5.88 Å². The van der Waals surface area contributed by atoms with Crippen LogP contribution in [0.3, 0.4) is 0 Å². The molecule has 0 aromatic carbocycles. The normalized spacial score (nSPS) is 12.2. The SMILES string of the molecule is CC(N)Cc1cccnc1Oc1cncc(Cl)c1. The van der Waals surface area contributed by atoms with Crippen molar-refractivity contribution in [2.45, 2.75) is 19.4 Å². The molecule has 0 aliphatic carbocycles. The van der Waals surface area contributed by atoms with Crippen LogP contribution in [0.2, 0.25) is 5.02 Å². The minimum atomic E-state index is 0.0500. The molecule has 2 N–H and O–H groups in total. The minimum absolute atomic E-state index is 0.0500. The molecule has 2 heterocycles. The lowest BCUT2D eigenvalue weighted by molar-refractivity contribution is 0.452. The van der Waals surface area contributed by atoms with Crippen molar-refractivity contribution in [2.75, 3.05) is 0 Å². The summed E-state index contributed by atoms with van der Waals surface area (Å²) < 4.78 is 5.68. The summed E-state index contributed by atoms with van der Waals surface area (Å²) in [4.78, 5) is 8.17. The number of aromatic nitrogens is 2. The predicted octanol–water partition coefficient (Wildman–Crippen LogP) is 2.81. The molecule has 2 rings (SSSR count). The Hall–Kier alpha value is -1.65. The highest BCUT2D eigenvalue weighted by Gasteiger charge is 2.08. The summed E-state index contributed by atoms with van der Waals surface area (Å²) in [6.45, 7) is 1.94. The number of ether oxygens (including phenoxy) is 1. The van der Waals surface area contributed by atoms with E-state index in [-0.39, 0.29) is 6.04 Å². The third-order valence-electron chi connectivity index (χ3n) is 2.29. The van der Waals surface area contributed by atoms with Crippen molar-refractivity contribution in [3.05, 3.63) is 47.4 Å². The lowest BCUT2D eigenvalue weighted by Crippen LogP contribution is -2.18. The number of nitrogens with zero attached hydrogens (tertiary/aromatic N) is 2. The molecule has 0 saturated carbocycles. The van der Waals surface area contributed by atoms with Gasteiger partial charge >= 0.3 is 0 Å². The molecule has 2 aromatic rings. The summed E-state index contributed by atoms with van der Waals surface area (Å²) in [6.07, 6.45) is 5.53. The van der Waals surface area contributed by atoms with Gasteiger partial charge < -0.3 is 10.5 Å². The monoisotopic (exact) mass is 263 g/mol. The fourth-order valence-corrected chi connectivity index (χ4v) is 1.74. The van der Waals surface area contributed by atoms with Crippen LogP contribution >= 0.6 is 11.6 Å². The number of pyridine rings is 2. The first kappa shape index (κ1) is 12.8. The molecule has 2 aromatic heterocycles. The average Bonchev–Trinajstić information content (AvgIpc) is 2.31. The number of hydrogen-bond donors (Lipinski definition) is 1. The third kappa shape index (κ3) is 3.42. The van der Waals surface area contributed by atoms with Crippen LogP contribution in [0.25, 0.3) is 0 Å². The van der Waals surface area contributed by atoms with E-state index < -0.39 is 0 Å². The molecule has 0 radical (unpaired) electrons. The van der Waals surface area contributed by atoms with Gasteiger partial charge in [-0.3, -0.25) is 4.98 Å².